The molecule has 0 radical (unpaired) electrons. The van der Waals surface area contributed by atoms with Crippen molar-refractivity contribution >= 4 is 38.9 Å². The van der Waals surface area contributed by atoms with Gasteiger partial charge in [-0.25, -0.2) is 18.1 Å². The number of carbonyl (C=O) groups is 1. The quantitative estimate of drug-likeness (QED) is 0.309. The third-order valence-corrected chi connectivity index (χ3v) is 8.19. The van der Waals surface area contributed by atoms with Crippen LogP contribution in [0.25, 0.3) is 27.4 Å². The van der Waals surface area contributed by atoms with Gasteiger partial charge in [0, 0.05) is 22.3 Å². The van der Waals surface area contributed by atoms with Crippen LogP contribution in [0.15, 0.2) is 59.8 Å². The van der Waals surface area contributed by atoms with Gasteiger partial charge in [-0.3, -0.25) is 9.59 Å². The molecule has 0 unspecified atom stereocenters. The number of H-pyrrole nitrogens is 1. The number of sulfonamides is 1. The van der Waals surface area contributed by atoms with Gasteiger partial charge in [-0.2, -0.15) is 4.68 Å². The first-order valence-corrected chi connectivity index (χ1v) is 14.7. The standard InChI is InChI=1S/C24H19ClN8O4S2/c1-39(36,37)29-24(35)21-7-6-20(38-21)17-11-26-23(28-17)19-5-3-15-8-13(9-22(34)33(15)19)16-10-14(25)2-4-18(16)32-12-27-30-31-32/h2,4,6-12,19H,3,5H2,1H3,(H,26,28)(H,29,35)/t19-/m0/s1. The zero-order valence-corrected chi connectivity index (χ0v) is 22.6. The number of aromatic amines is 1. The summed E-state index contributed by atoms with van der Waals surface area (Å²) >= 11 is 7.42. The Balaban J connectivity index is 1.31. The van der Waals surface area contributed by atoms with Crippen molar-refractivity contribution in [2.24, 2.45) is 0 Å². The number of aromatic nitrogens is 7. The normalized spacial score (nSPS) is 14.9. The highest BCUT2D eigenvalue weighted by Crippen LogP contribution is 2.35. The van der Waals surface area contributed by atoms with Crippen molar-refractivity contribution in [2.45, 2.75) is 18.9 Å². The Labute approximate surface area is 230 Å². The Morgan fingerprint density at radius 3 is 2.82 bits per heavy atom. The minimum absolute atomic E-state index is 0.179. The van der Waals surface area contributed by atoms with Gasteiger partial charge >= 0.3 is 0 Å². The van der Waals surface area contributed by atoms with E-state index in [-0.39, 0.29) is 16.5 Å². The van der Waals surface area contributed by atoms with E-state index in [2.05, 4.69) is 25.5 Å². The largest absolute Gasteiger partial charge is 0.340 e. The first kappa shape index (κ1) is 25.2. The maximum absolute atomic E-state index is 13.4. The summed E-state index contributed by atoms with van der Waals surface area (Å²) in [6, 6.07) is 11.8. The molecular formula is C24H19ClN8O4S2. The third-order valence-electron chi connectivity index (χ3n) is 6.28. The number of rotatable bonds is 6. The van der Waals surface area contributed by atoms with Gasteiger partial charge in [0.05, 0.1) is 39.6 Å². The number of carbonyl (C=O) groups excluding carboxylic acids is 1. The van der Waals surface area contributed by atoms with E-state index in [9.17, 15) is 18.0 Å². The molecule has 0 saturated heterocycles. The van der Waals surface area contributed by atoms with E-state index in [1.165, 1.54) is 11.0 Å². The fourth-order valence-corrected chi connectivity index (χ4v) is 6.22. The number of halogens is 1. The Morgan fingerprint density at radius 1 is 1.21 bits per heavy atom. The predicted molar refractivity (Wildman–Crippen MR) is 145 cm³/mol. The number of hydrogen-bond donors (Lipinski definition) is 2. The summed E-state index contributed by atoms with van der Waals surface area (Å²) < 4.78 is 27.9. The van der Waals surface area contributed by atoms with Gasteiger partial charge in [-0.15, -0.1) is 16.4 Å². The van der Waals surface area contributed by atoms with E-state index in [0.717, 1.165) is 28.8 Å². The average Bonchev–Trinajstić information content (AvgIpc) is 3.68. The van der Waals surface area contributed by atoms with Crippen molar-refractivity contribution < 1.29 is 13.2 Å². The second kappa shape index (κ2) is 9.55. The molecule has 15 heteroatoms. The SMILES string of the molecule is CS(=O)(=O)NC(=O)c1ccc(-c2cnc([C@@H]3CCc4cc(-c5cc(Cl)ccc5-n5cnnn5)cc(=O)n43)[nH]2)s1. The van der Waals surface area contributed by atoms with Crippen LogP contribution in [0.4, 0.5) is 0 Å². The Bertz CT molecular complexity index is 1890. The lowest BCUT2D eigenvalue weighted by atomic mass is 10.0. The summed E-state index contributed by atoms with van der Waals surface area (Å²) in [6.45, 7) is 0. The lowest BCUT2D eigenvalue weighted by Crippen LogP contribution is -2.28. The second-order valence-corrected chi connectivity index (χ2v) is 12.2. The minimum atomic E-state index is -3.67. The minimum Gasteiger partial charge on any atom is -0.340 e. The number of pyridine rings is 1. The van der Waals surface area contributed by atoms with Crippen molar-refractivity contribution in [1.29, 1.82) is 0 Å². The summed E-state index contributed by atoms with van der Waals surface area (Å²) in [5, 5.41) is 11.9. The molecule has 198 valence electrons. The fraction of sp³-hybridized carbons (Fsp3) is 0.167. The molecule has 1 aliphatic rings. The maximum atomic E-state index is 13.4. The van der Waals surface area contributed by atoms with Crippen LogP contribution in [0.5, 0.6) is 0 Å². The van der Waals surface area contributed by atoms with E-state index in [4.69, 9.17) is 11.6 Å². The number of nitrogens with one attached hydrogen (secondary N) is 2. The Kier molecular flexibility index (Phi) is 6.16. The first-order valence-electron chi connectivity index (χ1n) is 11.6. The summed E-state index contributed by atoms with van der Waals surface area (Å²) in [5.74, 6) is -0.0743. The van der Waals surface area contributed by atoms with Crippen LogP contribution in [0.3, 0.4) is 0 Å². The molecule has 1 aromatic carbocycles. The number of hydrogen-bond acceptors (Lipinski definition) is 9. The molecule has 0 fully saturated rings. The average molecular weight is 583 g/mol. The summed E-state index contributed by atoms with van der Waals surface area (Å²) in [7, 11) is -3.67. The molecule has 1 amide bonds. The number of thiophene rings is 1. The zero-order valence-electron chi connectivity index (χ0n) is 20.2. The molecule has 4 aromatic heterocycles. The van der Waals surface area contributed by atoms with Gasteiger partial charge in [-0.1, -0.05) is 11.6 Å². The molecule has 0 spiro atoms. The van der Waals surface area contributed by atoms with Crippen LogP contribution in [-0.2, 0) is 16.4 Å². The molecule has 0 bridgehead atoms. The van der Waals surface area contributed by atoms with Crippen LogP contribution in [0, 0.1) is 0 Å². The third kappa shape index (κ3) is 4.89. The molecule has 6 rings (SSSR count). The lowest BCUT2D eigenvalue weighted by molar-refractivity contribution is 0.0985. The van der Waals surface area contributed by atoms with Gasteiger partial charge in [0.2, 0.25) is 10.0 Å². The molecule has 5 heterocycles. The number of nitrogens with zero attached hydrogens (tertiary/aromatic N) is 6. The van der Waals surface area contributed by atoms with Crippen LogP contribution >= 0.6 is 22.9 Å². The van der Waals surface area contributed by atoms with Crippen molar-refractivity contribution in [3.63, 3.8) is 0 Å². The van der Waals surface area contributed by atoms with E-state index in [1.807, 2.05) is 10.8 Å². The van der Waals surface area contributed by atoms with Crippen LogP contribution in [-0.4, -0.2) is 55.3 Å². The van der Waals surface area contributed by atoms with Crippen LogP contribution in [0.2, 0.25) is 5.02 Å². The topological polar surface area (TPSA) is 158 Å². The predicted octanol–water partition coefficient (Wildman–Crippen LogP) is 2.82. The van der Waals surface area contributed by atoms with Gasteiger partial charge < -0.3 is 9.55 Å². The van der Waals surface area contributed by atoms with Gasteiger partial charge in [-0.05, 0) is 65.2 Å². The molecule has 39 heavy (non-hydrogen) atoms. The Morgan fingerprint density at radius 2 is 2.05 bits per heavy atom. The van der Waals surface area contributed by atoms with Crippen LogP contribution in [0.1, 0.15) is 33.7 Å². The van der Waals surface area contributed by atoms with E-state index >= 15 is 0 Å². The molecular weight excluding hydrogens is 564 g/mol. The molecule has 12 nitrogen and oxygen atoms in total. The van der Waals surface area contributed by atoms with Crippen molar-refractivity contribution in [3.8, 4) is 27.4 Å². The zero-order chi connectivity index (χ0) is 27.3. The van der Waals surface area contributed by atoms with Gasteiger partial charge in [0.25, 0.3) is 11.5 Å². The Hall–Kier alpha value is -4.14. The number of imidazole rings is 1. The van der Waals surface area contributed by atoms with Crippen molar-refractivity contribution in [2.75, 3.05) is 6.26 Å². The first-order chi connectivity index (χ1) is 18.7. The highest BCUT2D eigenvalue weighted by Gasteiger charge is 2.28. The number of fused-ring (bicyclic) bond motifs is 1. The number of amides is 1. The van der Waals surface area contributed by atoms with Crippen molar-refractivity contribution in [3.05, 3.63) is 86.8 Å². The number of aryl methyl sites for hydroxylation is 1. The highest BCUT2D eigenvalue weighted by molar-refractivity contribution is 7.89. The monoisotopic (exact) mass is 582 g/mol. The smallest absolute Gasteiger partial charge is 0.274 e. The van der Waals surface area contributed by atoms with E-state index in [1.54, 1.807) is 47.2 Å². The number of benzene rings is 1. The van der Waals surface area contributed by atoms with E-state index < -0.39 is 15.9 Å². The van der Waals surface area contributed by atoms with Gasteiger partial charge in [0.1, 0.15) is 12.2 Å². The lowest BCUT2D eigenvalue weighted by Gasteiger charge is -2.15. The second-order valence-electron chi connectivity index (χ2n) is 8.96. The summed E-state index contributed by atoms with van der Waals surface area (Å²) in [6.07, 6.45) is 5.38. The van der Waals surface area contributed by atoms with Crippen molar-refractivity contribution in [1.82, 2.24) is 39.5 Å². The molecule has 1 aliphatic heterocycles. The van der Waals surface area contributed by atoms with E-state index in [0.29, 0.717) is 45.5 Å². The molecule has 2 N–H and O–H groups in total. The summed E-state index contributed by atoms with van der Waals surface area (Å²) in [4.78, 5) is 34.3. The van der Waals surface area contributed by atoms with Crippen LogP contribution < -0.4 is 10.3 Å². The molecule has 5 aromatic rings. The molecule has 1 atom stereocenters. The fourth-order valence-electron chi connectivity index (χ4n) is 4.67. The molecule has 0 aliphatic carbocycles. The summed E-state index contributed by atoms with van der Waals surface area (Å²) in [5.41, 5.74) is 3.47. The number of tetrazole rings is 1. The molecule has 0 saturated carbocycles. The highest BCUT2D eigenvalue weighted by atomic mass is 35.5. The van der Waals surface area contributed by atoms with Gasteiger partial charge in [0.15, 0.2) is 0 Å². The maximum Gasteiger partial charge on any atom is 0.274 e.